The van der Waals surface area contributed by atoms with E-state index in [1.54, 1.807) is 4.90 Å². The van der Waals surface area contributed by atoms with E-state index < -0.39 is 0 Å². The van der Waals surface area contributed by atoms with Crippen molar-refractivity contribution in [2.75, 3.05) is 18.8 Å². The number of rotatable bonds is 1. The van der Waals surface area contributed by atoms with Gasteiger partial charge in [-0.05, 0) is 27.7 Å². The van der Waals surface area contributed by atoms with Gasteiger partial charge in [-0.1, -0.05) is 0 Å². The second-order valence-electron chi connectivity index (χ2n) is 5.82. The van der Waals surface area contributed by atoms with Crippen LogP contribution in [0.25, 0.3) is 0 Å². The molecule has 0 saturated carbocycles. The maximum Gasteiger partial charge on any atom is 0.291 e. The van der Waals surface area contributed by atoms with Crippen molar-refractivity contribution in [1.29, 1.82) is 0 Å². The predicted octanol–water partition coefficient (Wildman–Crippen LogP) is 0.416. The maximum absolute atomic E-state index is 12.3. The van der Waals surface area contributed by atoms with Crippen LogP contribution in [0.4, 0.5) is 5.95 Å². The summed E-state index contributed by atoms with van der Waals surface area (Å²) < 4.78 is 5.92. The second-order valence-corrected chi connectivity index (χ2v) is 5.82. The lowest BCUT2D eigenvalue weighted by Crippen LogP contribution is -2.58. The quantitative estimate of drug-likeness (QED) is 0.755. The van der Waals surface area contributed by atoms with Crippen LogP contribution >= 0.6 is 0 Å². The van der Waals surface area contributed by atoms with Crippen molar-refractivity contribution < 1.29 is 9.53 Å². The van der Waals surface area contributed by atoms with Gasteiger partial charge in [-0.3, -0.25) is 9.89 Å². The number of H-pyrrole nitrogens is 1. The molecule has 1 saturated heterocycles. The summed E-state index contributed by atoms with van der Waals surface area (Å²) in [7, 11) is 0. The molecule has 2 rings (SSSR count). The van der Waals surface area contributed by atoms with Crippen molar-refractivity contribution in [2.24, 2.45) is 0 Å². The van der Waals surface area contributed by atoms with E-state index in [1.165, 1.54) is 0 Å². The lowest BCUT2D eigenvalue weighted by atomic mass is 9.99. The van der Waals surface area contributed by atoms with Gasteiger partial charge in [0.1, 0.15) is 0 Å². The number of amides is 1. The number of ether oxygens (including phenoxy) is 1. The van der Waals surface area contributed by atoms with Gasteiger partial charge in [-0.2, -0.15) is 4.98 Å². The molecule has 18 heavy (non-hydrogen) atoms. The summed E-state index contributed by atoms with van der Waals surface area (Å²) in [5.41, 5.74) is 4.63. The highest BCUT2D eigenvalue weighted by atomic mass is 16.5. The van der Waals surface area contributed by atoms with Crippen molar-refractivity contribution >= 4 is 11.9 Å². The summed E-state index contributed by atoms with van der Waals surface area (Å²) in [6.07, 6.45) is 0. The molecule has 0 aromatic carbocycles. The van der Waals surface area contributed by atoms with Gasteiger partial charge < -0.3 is 15.4 Å². The van der Waals surface area contributed by atoms with Gasteiger partial charge >= 0.3 is 0 Å². The highest BCUT2D eigenvalue weighted by Gasteiger charge is 2.40. The molecular weight excluding hydrogens is 234 g/mol. The molecule has 0 bridgehead atoms. The van der Waals surface area contributed by atoms with E-state index in [4.69, 9.17) is 10.5 Å². The Bertz CT molecular complexity index is 450. The number of nitrogens with zero attached hydrogens (tertiary/aromatic N) is 3. The minimum absolute atomic E-state index is 0.0742. The number of carbonyl (C=O) groups is 1. The zero-order valence-corrected chi connectivity index (χ0v) is 11.1. The van der Waals surface area contributed by atoms with Crippen molar-refractivity contribution in [2.45, 2.75) is 38.9 Å². The third-order valence-electron chi connectivity index (χ3n) is 2.69. The molecule has 1 aromatic heterocycles. The van der Waals surface area contributed by atoms with E-state index in [2.05, 4.69) is 15.2 Å². The van der Waals surface area contributed by atoms with Crippen molar-refractivity contribution in [3.8, 4) is 0 Å². The number of nitrogen functional groups attached to an aromatic ring is 1. The normalized spacial score (nSPS) is 21.9. The molecule has 1 fully saturated rings. The van der Waals surface area contributed by atoms with Crippen LogP contribution in [0.5, 0.6) is 0 Å². The fourth-order valence-corrected chi connectivity index (χ4v) is 2.45. The average Bonchev–Trinajstić information content (AvgIpc) is 2.58. The molecule has 0 aliphatic carbocycles. The van der Waals surface area contributed by atoms with Gasteiger partial charge in [0.25, 0.3) is 5.91 Å². The summed E-state index contributed by atoms with van der Waals surface area (Å²) in [5, 5.41) is 6.21. The Morgan fingerprint density at radius 1 is 1.33 bits per heavy atom. The van der Waals surface area contributed by atoms with Crippen LogP contribution in [0.15, 0.2) is 0 Å². The van der Waals surface area contributed by atoms with E-state index in [1.807, 2.05) is 27.7 Å². The standard InChI is InChI=1S/C11H19N5O2/c1-10(2)5-16(6-11(3,4)18-10)8(17)7-13-9(12)15-14-7/h5-6H2,1-4H3,(H3,12,13,14,15). The number of morpholine rings is 1. The first-order valence-electron chi connectivity index (χ1n) is 5.86. The van der Waals surface area contributed by atoms with Crippen LogP contribution in [0.1, 0.15) is 38.3 Å². The SMILES string of the molecule is CC1(C)CN(C(=O)c2nc(N)n[nH]2)CC(C)(C)O1. The molecule has 1 amide bonds. The number of nitrogens with one attached hydrogen (secondary N) is 1. The van der Waals surface area contributed by atoms with Gasteiger partial charge in [0.15, 0.2) is 0 Å². The molecule has 7 nitrogen and oxygen atoms in total. The molecular formula is C11H19N5O2. The number of hydrogen-bond donors (Lipinski definition) is 2. The lowest BCUT2D eigenvalue weighted by molar-refractivity contribution is -0.171. The Morgan fingerprint density at radius 2 is 1.89 bits per heavy atom. The van der Waals surface area contributed by atoms with Crippen LogP contribution in [-0.2, 0) is 4.74 Å². The first kappa shape index (κ1) is 12.8. The summed E-state index contributed by atoms with van der Waals surface area (Å²) in [5.74, 6) is 0.0368. The van der Waals surface area contributed by atoms with E-state index in [-0.39, 0.29) is 28.9 Å². The Kier molecular flexibility index (Phi) is 2.81. The van der Waals surface area contributed by atoms with Crippen molar-refractivity contribution in [1.82, 2.24) is 20.1 Å². The molecule has 1 aromatic rings. The van der Waals surface area contributed by atoms with E-state index in [9.17, 15) is 4.79 Å². The molecule has 2 heterocycles. The Morgan fingerprint density at radius 3 is 2.33 bits per heavy atom. The topological polar surface area (TPSA) is 97.1 Å². The second kappa shape index (κ2) is 3.94. The number of nitrogens with two attached hydrogens (primary N) is 1. The summed E-state index contributed by atoms with van der Waals surface area (Å²) in [6.45, 7) is 8.86. The Balaban J connectivity index is 2.20. The van der Waals surface area contributed by atoms with Crippen LogP contribution in [-0.4, -0.2) is 50.3 Å². The monoisotopic (exact) mass is 253 g/mol. The Hall–Kier alpha value is -1.63. The van der Waals surface area contributed by atoms with Gasteiger partial charge in [-0.25, -0.2) is 0 Å². The molecule has 1 aliphatic heterocycles. The first-order valence-corrected chi connectivity index (χ1v) is 5.86. The van der Waals surface area contributed by atoms with Crippen molar-refractivity contribution in [3.63, 3.8) is 0 Å². The minimum Gasteiger partial charge on any atom is -0.366 e. The number of anilines is 1. The highest BCUT2D eigenvalue weighted by Crippen LogP contribution is 2.28. The Labute approximate surface area is 106 Å². The van der Waals surface area contributed by atoms with Crippen LogP contribution in [0, 0.1) is 0 Å². The minimum atomic E-state index is -0.386. The van der Waals surface area contributed by atoms with Gasteiger partial charge in [0.05, 0.1) is 11.2 Å². The number of carbonyl (C=O) groups excluding carboxylic acids is 1. The fourth-order valence-electron chi connectivity index (χ4n) is 2.45. The average molecular weight is 253 g/mol. The fraction of sp³-hybridized carbons (Fsp3) is 0.727. The molecule has 7 heteroatoms. The van der Waals surface area contributed by atoms with Crippen LogP contribution < -0.4 is 5.73 Å². The summed E-state index contributed by atoms with van der Waals surface area (Å²) >= 11 is 0. The van der Waals surface area contributed by atoms with E-state index in [0.29, 0.717) is 13.1 Å². The highest BCUT2D eigenvalue weighted by molar-refractivity contribution is 5.90. The van der Waals surface area contributed by atoms with Gasteiger partial charge in [-0.15, -0.1) is 5.10 Å². The summed E-state index contributed by atoms with van der Waals surface area (Å²) in [6, 6.07) is 0. The molecule has 3 N–H and O–H groups in total. The molecule has 0 spiro atoms. The molecule has 1 aliphatic rings. The maximum atomic E-state index is 12.3. The van der Waals surface area contributed by atoms with E-state index >= 15 is 0 Å². The smallest absolute Gasteiger partial charge is 0.291 e. The third kappa shape index (κ3) is 2.61. The largest absolute Gasteiger partial charge is 0.366 e. The first-order chi connectivity index (χ1) is 8.19. The van der Waals surface area contributed by atoms with Crippen LogP contribution in [0.2, 0.25) is 0 Å². The van der Waals surface area contributed by atoms with Gasteiger partial charge in [0.2, 0.25) is 11.8 Å². The van der Waals surface area contributed by atoms with E-state index in [0.717, 1.165) is 0 Å². The van der Waals surface area contributed by atoms with Gasteiger partial charge in [0, 0.05) is 13.1 Å². The van der Waals surface area contributed by atoms with Crippen molar-refractivity contribution in [3.05, 3.63) is 5.82 Å². The zero-order valence-electron chi connectivity index (χ0n) is 11.1. The predicted molar refractivity (Wildman–Crippen MR) is 65.9 cm³/mol. The zero-order chi connectivity index (χ0) is 13.6. The molecule has 0 radical (unpaired) electrons. The van der Waals surface area contributed by atoms with Crippen LogP contribution in [0.3, 0.4) is 0 Å². The summed E-state index contributed by atoms with van der Waals surface area (Å²) in [4.78, 5) is 17.8. The number of hydrogen-bond acceptors (Lipinski definition) is 5. The lowest BCUT2D eigenvalue weighted by Gasteiger charge is -2.46. The molecule has 0 unspecified atom stereocenters. The molecule has 0 atom stereocenters. The number of aromatic amines is 1. The number of aromatic nitrogens is 3. The molecule has 100 valence electrons. The third-order valence-corrected chi connectivity index (χ3v) is 2.69.